The minimum Gasteiger partial charge on any atom is -0.364 e. The molecule has 3 rings (SSSR count). The Morgan fingerprint density at radius 2 is 2.20 bits per heavy atom. The zero-order valence-corrected chi connectivity index (χ0v) is 11.9. The van der Waals surface area contributed by atoms with Crippen LogP contribution in [0.4, 0.5) is 10.2 Å². The van der Waals surface area contributed by atoms with E-state index in [0.717, 1.165) is 13.1 Å². The molecule has 0 saturated carbocycles. The van der Waals surface area contributed by atoms with Gasteiger partial charge in [0.15, 0.2) is 17.0 Å². The molecule has 3 heterocycles. The molecular formula is C13H19FN6. The van der Waals surface area contributed by atoms with Crippen molar-refractivity contribution in [2.45, 2.75) is 32.9 Å². The van der Waals surface area contributed by atoms with Gasteiger partial charge >= 0.3 is 6.08 Å². The van der Waals surface area contributed by atoms with Crippen LogP contribution in [0.2, 0.25) is 0 Å². The quantitative estimate of drug-likeness (QED) is 0.834. The zero-order valence-electron chi connectivity index (χ0n) is 11.9. The van der Waals surface area contributed by atoms with E-state index >= 15 is 0 Å². The maximum Gasteiger partial charge on any atom is 0.312 e. The monoisotopic (exact) mass is 278 g/mol. The smallest absolute Gasteiger partial charge is 0.312 e. The van der Waals surface area contributed by atoms with Crippen LogP contribution in [-0.4, -0.2) is 38.7 Å². The summed E-state index contributed by atoms with van der Waals surface area (Å²) in [4.78, 5) is 12.1. The SMILES string of the molecule is CC(C)n1cnc2c(N[C@@H]3CNC[C@H]3C)nc(F)nc21. The molecule has 1 aliphatic rings. The molecule has 7 heteroatoms. The lowest BCUT2D eigenvalue weighted by Crippen LogP contribution is -2.27. The molecule has 2 N–H and O–H groups in total. The van der Waals surface area contributed by atoms with E-state index in [9.17, 15) is 4.39 Å². The van der Waals surface area contributed by atoms with Crippen LogP contribution in [0, 0.1) is 12.0 Å². The number of aromatic nitrogens is 4. The number of hydrogen-bond donors (Lipinski definition) is 2. The van der Waals surface area contributed by atoms with Crippen LogP contribution in [0.15, 0.2) is 6.33 Å². The van der Waals surface area contributed by atoms with Crippen molar-refractivity contribution in [3.8, 4) is 0 Å². The molecule has 0 bridgehead atoms. The Labute approximate surface area is 116 Å². The summed E-state index contributed by atoms with van der Waals surface area (Å²) in [6.45, 7) is 7.97. The normalized spacial score (nSPS) is 22.9. The first-order valence-electron chi connectivity index (χ1n) is 6.93. The maximum atomic E-state index is 13.7. The fourth-order valence-electron chi connectivity index (χ4n) is 2.55. The number of imidazole rings is 1. The first kappa shape index (κ1) is 13.2. The summed E-state index contributed by atoms with van der Waals surface area (Å²) < 4.78 is 15.5. The molecule has 0 spiro atoms. The zero-order chi connectivity index (χ0) is 14.3. The molecule has 6 nitrogen and oxygen atoms in total. The average molecular weight is 278 g/mol. The summed E-state index contributed by atoms with van der Waals surface area (Å²) in [7, 11) is 0. The number of fused-ring (bicyclic) bond motifs is 1. The Bertz CT molecular complexity index is 623. The molecular weight excluding hydrogens is 259 g/mol. The summed E-state index contributed by atoms with van der Waals surface area (Å²) in [5, 5.41) is 6.60. The van der Waals surface area contributed by atoms with E-state index < -0.39 is 6.08 Å². The van der Waals surface area contributed by atoms with Gasteiger partial charge in [-0.1, -0.05) is 6.92 Å². The van der Waals surface area contributed by atoms with Crippen LogP contribution in [0.3, 0.4) is 0 Å². The molecule has 0 unspecified atom stereocenters. The molecule has 1 fully saturated rings. The van der Waals surface area contributed by atoms with Gasteiger partial charge in [-0.05, 0) is 26.3 Å². The Balaban J connectivity index is 2.02. The molecule has 2 aromatic rings. The fourth-order valence-corrected chi connectivity index (χ4v) is 2.55. The molecule has 2 aromatic heterocycles. The Kier molecular flexibility index (Phi) is 3.29. The van der Waals surface area contributed by atoms with Crippen LogP contribution in [0.1, 0.15) is 26.8 Å². The van der Waals surface area contributed by atoms with E-state index in [1.807, 2.05) is 18.4 Å². The van der Waals surface area contributed by atoms with Gasteiger partial charge in [-0.2, -0.15) is 14.4 Å². The second-order valence-electron chi connectivity index (χ2n) is 5.65. The Morgan fingerprint density at radius 1 is 1.40 bits per heavy atom. The number of nitrogens with one attached hydrogen (secondary N) is 2. The Hall–Kier alpha value is -1.76. The lowest BCUT2D eigenvalue weighted by Gasteiger charge is -2.17. The van der Waals surface area contributed by atoms with E-state index in [1.165, 1.54) is 0 Å². The van der Waals surface area contributed by atoms with E-state index in [0.29, 0.717) is 22.9 Å². The van der Waals surface area contributed by atoms with Crippen LogP contribution < -0.4 is 10.6 Å². The first-order valence-corrected chi connectivity index (χ1v) is 6.93. The molecule has 0 aromatic carbocycles. The predicted octanol–water partition coefficient (Wildman–Crippen LogP) is 1.57. The van der Waals surface area contributed by atoms with Gasteiger partial charge in [0.1, 0.15) is 0 Å². The van der Waals surface area contributed by atoms with Gasteiger partial charge in [0, 0.05) is 18.6 Å². The third-order valence-electron chi connectivity index (χ3n) is 3.79. The van der Waals surface area contributed by atoms with Gasteiger partial charge in [-0.3, -0.25) is 0 Å². The Morgan fingerprint density at radius 3 is 2.85 bits per heavy atom. The van der Waals surface area contributed by atoms with Crippen LogP contribution >= 0.6 is 0 Å². The van der Waals surface area contributed by atoms with Gasteiger partial charge in [-0.25, -0.2) is 4.98 Å². The highest BCUT2D eigenvalue weighted by molar-refractivity contribution is 5.83. The van der Waals surface area contributed by atoms with E-state index in [2.05, 4.69) is 32.5 Å². The highest BCUT2D eigenvalue weighted by Crippen LogP contribution is 2.23. The second-order valence-corrected chi connectivity index (χ2v) is 5.65. The summed E-state index contributed by atoms with van der Waals surface area (Å²) >= 11 is 0. The summed E-state index contributed by atoms with van der Waals surface area (Å²) in [5.74, 6) is 0.947. The molecule has 108 valence electrons. The third kappa shape index (κ3) is 2.22. The van der Waals surface area contributed by atoms with E-state index in [-0.39, 0.29) is 12.1 Å². The number of nitrogens with zero attached hydrogens (tertiary/aromatic N) is 4. The maximum absolute atomic E-state index is 13.7. The largest absolute Gasteiger partial charge is 0.364 e. The molecule has 1 saturated heterocycles. The number of anilines is 1. The third-order valence-corrected chi connectivity index (χ3v) is 3.79. The first-order chi connectivity index (χ1) is 9.56. The second kappa shape index (κ2) is 4.97. The van der Waals surface area contributed by atoms with Gasteiger partial charge < -0.3 is 15.2 Å². The van der Waals surface area contributed by atoms with Crippen molar-refractivity contribution in [1.82, 2.24) is 24.8 Å². The molecule has 20 heavy (non-hydrogen) atoms. The molecule has 2 atom stereocenters. The van der Waals surface area contributed by atoms with Crippen molar-refractivity contribution in [3.63, 3.8) is 0 Å². The van der Waals surface area contributed by atoms with Crippen molar-refractivity contribution in [2.75, 3.05) is 18.4 Å². The minimum absolute atomic E-state index is 0.175. The van der Waals surface area contributed by atoms with Crippen LogP contribution in [0.5, 0.6) is 0 Å². The lowest BCUT2D eigenvalue weighted by atomic mass is 10.1. The van der Waals surface area contributed by atoms with Gasteiger partial charge in [-0.15, -0.1) is 0 Å². The van der Waals surface area contributed by atoms with Crippen molar-refractivity contribution >= 4 is 17.0 Å². The predicted molar refractivity (Wildman–Crippen MR) is 75.1 cm³/mol. The van der Waals surface area contributed by atoms with Crippen molar-refractivity contribution in [1.29, 1.82) is 0 Å². The number of rotatable bonds is 3. The van der Waals surface area contributed by atoms with Crippen LogP contribution in [0.25, 0.3) is 11.2 Å². The molecule has 0 aliphatic carbocycles. The highest BCUT2D eigenvalue weighted by atomic mass is 19.1. The van der Waals surface area contributed by atoms with Crippen molar-refractivity contribution in [3.05, 3.63) is 12.4 Å². The van der Waals surface area contributed by atoms with Crippen molar-refractivity contribution in [2.24, 2.45) is 5.92 Å². The minimum atomic E-state index is -0.721. The van der Waals surface area contributed by atoms with E-state index in [1.54, 1.807) is 6.33 Å². The number of halogens is 1. The summed E-state index contributed by atoms with van der Waals surface area (Å²) in [5.41, 5.74) is 1.16. The summed E-state index contributed by atoms with van der Waals surface area (Å²) in [6, 6.07) is 0.408. The van der Waals surface area contributed by atoms with E-state index in [4.69, 9.17) is 0 Å². The van der Waals surface area contributed by atoms with Gasteiger partial charge in [0.25, 0.3) is 0 Å². The van der Waals surface area contributed by atoms with Crippen molar-refractivity contribution < 1.29 is 4.39 Å². The molecule has 0 amide bonds. The topological polar surface area (TPSA) is 67.7 Å². The van der Waals surface area contributed by atoms with Gasteiger partial charge in [0.2, 0.25) is 0 Å². The fraction of sp³-hybridized carbons (Fsp3) is 0.615. The molecule has 0 radical (unpaired) electrons. The average Bonchev–Trinajstić information content (AvgIpc) is 2.96. The molecule has 1 aliphatic heterocycles. The summed E-state index contributed by atoms with van der Waals surface area (Å²) in [6.07, 6.45) is 0.964. The lowest BCUT2D eigenvalue weighted by molar-refractivity contribution is 0.534. The van der Waals surface area contributed by atoms with Crippen LogP contribution in [-0.2, 0) is 0 Å². The number of hydrogen-bond acceptors (Lipinski definition) is 5. The highest BCUT2D eigenvalue weighted by Gasteiger charge is 2.25. The van der Waals surface area contributed by atoms with Gasteiger partial charge in [0.05, 0.1) is 6.33 Å². The standard InChI is InChI=1S/C13H19FN6/c1-7(2)20-6-16-10-11(18-13(14)19-12(10)20)17-9-5-15-4-8(9)3/h6-9,15H,4-5H2,1-3H3,(H,17,18,19)/t8-,9-/m1/s1.